The molecule has 0 radical (unpaired) electrons. The standard InChI is InChI=1S/C14H20N2O2/c1-16(9-10-4-3-5-10)14(17)12-8-11(18-2)6-7-13(12)15/h6-8,10H,3-5,9,15H2,1-2H3. The van der Waals surface area contributed by atoms with Gasteiger partial charge in [0, 0.05) is 19.3 Å². The first-order chi connectivity index (χ1) is 8.61. The molecule has 0 aliphatic heterocycles. The number of carbonyl (C=O) groups excluding carboxylic acids is 1. The molecule has 0 heterocycles. The molecule has 1 aromatic carbocycles. The lowest BCUT2D eigenvalue weighted by molar-refractivity contribution is 0.0746. The zero-order chi connectivity index (χ0) is 13.1. The lowest BCUT2D eigenvalue weighted by atomic mass is 9.85. The van der Waals surface area contributed by atoms with Crippen LogP contribution in [0.5, 0.6) is 5.75 Å². The molecular formula is C14H20N2O2. The summed E-state index contributed by atoms with van der Waals surface area (Å²) < 4.78 is 5.13. The van der Waals surface area contributed by atoms with Gasteiger partial charge in [-0.05, 0) is 37.0 Å². The number of amides is 1. The van der Waals surface area contributed by atoms with Gasteiger partial charge in [0.1, 0.15) is 5.75 Å². The Kier molecular flexibility index (Phi) is 3.75. The monoisotopic (exact) mass is 248 g/mol. The van der Waals surface area contributed by atoms with E-state index in [1.807, 2.05) is 7.05 Å². The Morgan fingerprint density at radius 1 is 1.50 bits per heavy atom. The van der Waals surface area contributed by atoms with Gasteiger partial charge in [-0.2, -0.15) is 0 Å². The van der Waals surface area contributed by atoms with E-state index in [-0.39, 0.29) is 5.91 Å². The predicted octanol–water partition coefficient (Wildman–Crippen LogP) is 2.15. The van der Waals surface area contributed by atoms with E-state index < -0.39 is 0 Å². The maximum Gasteiger partial charge on any atom is 0.255 e. The second-order valence-electron chi connectivity index (χ2n) is 4.94. The summed E-state index contributed by atoms with van der Waals surface area (Å²) in [4.78, 5) is 14.1. The van der Waals surface area contributed by atoms with Gasteiger partial charge in [0.05, 0.1) is 12.7 Å². The number of ether oxygens (including phenoxy) is 1. The number of benzene rings is 1. The normalized spacial score (nSPS) is 15.0. The Morgan fingerprint density at radius 2 is 2.22 bits per heavy atom. The van der Waals surface area contributed by atoms with Gasteiger partial charge in [-0.15, -0.1) is 0 Å². The van der Waals surface area contributed by atoms with Crippen LogP contribution in [0.3, 0.4) is 0 Å². The smallest absolute Gasteiger partial charge is 0.255 e. The van der Waals surface area contributed by atoms with Gasteiger partial charge in [-0.3, -0.25) is 4.79 Å². The number of hydrogen-bond acceptors (Lipinski definition) is 3. The van der Waals surface area contributed by atoms with E-state index in [4.69, 9.17) is 10.5 Å². The molecule has 0 atom stereocenters. The van der Waals surface area contributed by atoms with Gasteiger partial charge in [0.15, 0.2) is 0 Å². The van der Waals surface area contributed by atoms with E-state index in [0.717, 1.165) is 6.54 Å². The minimum Gasteiger partial charge on any atom is -0.497 e. The molecule has 1 aliphatic carbocycles. The first-order valence-corrected chi connectivity index (χ1v) is 6.30. The van der Waals surface area contributed by atoms with Crippen molar-refractivity contribution in [3.63, 3.8) is 0 Å². The third kappa shape index (κ3) is 2.58. The van der Waals surface area contributed by atoms with Gasteiger partial charge in [0.25, 0.3) is 5.91 Å². The third-order valence-corrected chi connectivity index (χ3v) is 3.59. The van der Waals surface area contributed by atoms with Gasteiger partial charge in [-0.25, -0.2) is 0 Å². The highest BCUT2D eigenvalue weighted by molar-refractivity contribution is 5.99. The molecule has 1 aromatic rings. The minimum atomic E-state index is -0.0294. The summed E-state index contributed by atoms with van der Waals surface area (Å²) >= 11 is 0. The van der Waals surface area contributed by atoms with Crippen molar-refractivity contribution in [1.82, 2.24) is 4.90 Å². The zero-order valence-corrected chi connectivity index (χ0v) is 11.0. The molecule has 1 saturated carbocycles. The Bertz CT molecular complexity index is 441. The molecule has 18 heavy (non-hydrogen) atoms. The maximum absolute atomic E-state index is 12.3. The Hall–Kier alpha value is -1.71. The molecule has 0 aromatic heterocycles. The predicted molar refractivity (Wildman–Crippen MR) is 71.7 cm³/mol. The second-order valence-corrected chi connectivity index (χ2v) is 4.94. The highest BCUT2D eigenvalue weighted by Gasteiger charge is 2.23. The van der Waals surface area contributed by atoms with E-state index >= 15 is 0 Å². The molecule has 98 valence electrons. The van der Waals surface area contributed by atoms with Gasteiger partial charge >= 0.3 is 0 Å². The van der Waals surface area contributed by atoms with Crippen LogP contribution in [-0.2, 0) is 0 Å². The number of nitrogen functional groups attached to an aromatic ring is 1. The maximum atomic E-state index is 12.3. The van der Waals surface area contributed by atoms with E-state index in [0.29, 0.717) is 22.9 Å². The number of rotatable bonds is 4. The molecule has 2 N–H and O–H groups in total. The van der Waals surface area contributed by atoms with E-state index in [1.165, 1.54) is 19.3 Å². The fourth-order valence-corrected chi connectivity index (χ4v) is 2.20. The van der Waals surface area contributed by atoms with E-state index in [2.05, 4.69) is 0 Å². The van der Waals surface area contributed by atoms with Crippen molar-refractivity contribution in [1.29, 1.82) is 0 Å². The van der Waals surface area contributed by atoms with Crippen molar-refractivity contribution >= 4 is 11.6 Å². The minimum absolute atomic E-state index is 0.0294. The molecule has 1 amide bonds. The van der Waals surface area contributed by atoms with Crippen molar-refractivity contribution < 1.29 is 9.53 Å². The van der Waals surface area contributed by atoms with E-state index in [1.54, 1.807) is 30.2 Å². The molecule has 2 rings (SSSR count). The number of nitrogens with two attached hydrogens (primary N) is 1. The third-order valence-electron chi connectivity index (χ3n) is 3.59. The summed E-state index contributed by atoms with van der Waals surface area (Å²) in [7, 11) is 3.41. The van der Waals surface area contributed by atoms with Crippen LogP contribution in [0.15, 0.2) is 18.2 Å². The average molecular weight is 248 g/mol. The fourth-order valence-electron chi connectivity index (χ4n) is 2.20. The van der Waals surface area contributed by atoms with Crippen LogP contribution in [-0.4, -0.2) is 31.5 Å². The van der Waals surface area contributed by atoms with Crippen molar-refractivity contribution in [2.45, 2.75) is 19.3 Å². The quantitative estimate of drug-likeness (QED) is 0.831. The number of carbonyl (C=O) groups is 1. The average Bonchev–Trinajstić information content (AvgIpc) is 2.33. The molecule has 0 spiro atoms. The van der Waals surface area contributed by atoms with Crippen molar-refractivity contribution in [3.05, 3.63) is 23.8 Å². The highest BCUT2D eigenvalue weighted by Crippen LogP contribution is 2.28. The highest BCUT2D eigenvalue weighted by atomic mass is 16.5. The SMILES string of the molecule is COc1ccc(N)c(C(=O)N(C)CC2CCC2)c1. The lowest BCUT2D eigenvalue weighted by Gasteiger charge is -2.30. The second kappa shape index (κ2) is 5.29. The molecule has 4 nitrogen and oxygen atoms in total. The summed E-state index contributed by atoms with van der Waals surface area (Å²) in [5.74, 6) is 1.29. The summed E-state index contributed by atoms with van der Waals surface area (Å²) in [6.07, 6.45) is 3.74. The van der Waals surface area contributed by atoms with E-state index in [9.17, 15) is 4.79 Å². The molecule has 1 aliphatic rings. The van der Waals surface area contributed by atoms with Gasteiger partial charge in [-0.1, -0.05) is 6.42 Å². The number of methoxy groups -OCH3 is 1. The van der Waals surface area contributed by atoms with Crippen molar-refractivity contribution in [3.8, 4) is 5.75 Å². The van der Waals surface area contributed by atoms with Crippen LogP contribution in [0, 0.1) is 5.92 Å². The van der Waals surface area contributed by atoms with Crippen LogP contribution in [0.25, 0.3) is 0 Å². The topological polar surface area (TPSA) is 55.6 Å². The largest absolute Gasteiger partial charge is 0.497 e. The molecule has 1 fully saturated rings. The van der Waals surface area contributed by atoms with Crippen LogP contribution in [0.1, 0.15) is 29.6 Å². The van der Waals surface area contributed by atoms with Crippen molar-refractivity contribution in [2.24, 2.45) is 5.92 Å². The molecule has 0 unspecified atom stereocenters. The first kappa shape index (κ1) is 12.7. The molecule has 4 heteroatoms. The van der Waals surface area contributed by atoms with Crippen LogP contribution >= 0.6 is 0 Å². The summed E-state index contributed by atoms with van der Waals surface area (Å²) in [5.41, 5.74) is 6.88. The molecule has 0 saturated heterocycles. The van der Waals surface area contributed by atoms with Crippen LogP contribution < -0.4 is 10.5 Å². The summed E-state index contributed by atoms with van der Waals surface area (Å²) in [5, 5.41) is 0. The fraction of sp³-hybridized carbons (Fsp3) is 0.500. The Morgan fingerprint density at radius 3 is 2.78 bits per heavy atom. The molecular weight excluding hydrogens is 228 g/mol. The summed E-state index contributed by atoms with van der Waals surface area (Å²) in [6.45, 7) is 0.815. The zero-order valence-electron chi connectivity index (χ0n) is 11.0. The van der Waals surface area contributed by atoms with Crippen LogP contribution in [0.2, 0.25) is 0 Å². The summed E-state index contributed by atoms with van der Waals surface area (Å²) in [6, 6.07) is 5.18. The van der Waals surface area contributed by atoms with Crippen LogP contribution in [0.4, 0.5) is 5.69 Å². The van der Waals surface area contributed by atoms with Crippen molar-refractivity contribution in [2.75, 3.05) is 26.4 Å². The number of anilines is 1. The number of hydrogen-bond donors (Lipinski definition) is 1. The Labute approximate surface area is 108 Å². The first-order valence-electron chi connectivity index (χ1n) is 6.30. The van der Waals surface area contributed by atoms with Gasteiger partial charge in [0.2, 0.25) is 0 Å². The number of nitrogens with zero attached hydrogens (tertiary/aromatic N) is 1. The molecule has 0 bridgehead atoms. The van der Waals surface area contributed by atoms with Gasteiger partial charge < -0.3 is 15.4 Å². The Balaban J connectivity index is 2.11. The lowest BCUT2D eigenvalue weighted by Crippen LogP contribution is -2.34.